The van der Waals surface area contributed by atoms with Crippen molar-refractivity contribution in [2.45, 2.75) is 31.7 Å². The van der Waals surface area contributed by atoms with E-state index in [9.17, 15) is 0 Å². The van der Waals surface area contributed by atoms with Gasteiger partial charge in [-0.3, -0.25) is 0 Å². The fourth-order valence-corrected chi connectivity index (χ4v) is 2.31. The van der Waals surface area contributed by atoms with Crippen molar-refractivity contribution in [3.8, 4) is 0 Å². The third-order valence-electron chi connectivity index (χ3n) is 3.08. The zero-order valence-corrected chi connectivity index (χ0v) is 8.27. The van der Waals surface area contributed by atoms with E-state index in [2.05, 4.69) is 20.6 Å². The largest absolute Gasteiger partial charge is 0.369 e. The number of aryl methyl sites for hydroxylation is 1. The Morgan fingerprint density at radius 2 is 2.21 bits per heavy atom. The van der Waals surface area contributed by atoms with Gasteiger partial charge in [0.15, 0.2) is 0 Å². The molecule has 4 heteroatoms. The third kappa shape index (κ3) is 1.30. The van der Waals surface area contributed by atoms with E-state index in [0.29, 0.717) is 6.04 Å². The van der Waals surface area contributed by atoms with Gasteiger partial charge in [0.05, 0.1) is 11.7 Å². The molecule has 0 radical (unpaired) electrons. The molecule has 0 saturated carbocycles. The van der Waals surface area contributed by atoms with E-state index in [1.165, 1.54) is 25.0 Å². The van der Waals surface area contributed by atoms with Gasteiger partial charge in [-0.15, -0.1) is 0 Å². The topological polar surface area (TPSA) is 52.7 Å². The summed E-state index contributed by atoms with van der Waals surface area (Å²) < 4.78 is 0. The monoisotopic (exact) mass is 192 g/mol. The van der Waals surface area contributed by atoms with Gasteiger partial charge >= 0.3 is 0 Å². The number of aromatic amines is 1. The summed E-state index contributed by atoms with van der Waals surface area (Å²) in [5.41, 5.74) is 1.29. The number of nitrogens with one attached hydrogen (secondary N) is 3. The second-order valence-electron chi connectivity index (χ2n) is 4.13. The van der Waals surface area contributed by atoms with Gasteiger partial charge in [0.1, 0.15) is 11.6 Å². The van der Waals surface area contributed by atoms with Crippen LogP contribution in [0, 0.1) is 0 Å². The third-order valence-corrected chi connectivity index (χ3v) is 3.08. The van der Waals surface area contributed by atoms with Gasteiger partial charge in [-0.25, -0.2) is 4.98 Å². The molecule has 1 aromatic rings. The van der Waals surface area contributed by atoms with Crippen LogP contribution in [0.15, 0.2) is 0 Å². The molecular weight excluding hydrogens is 176 g/mol. The van der Waals surface area contributed by atoms with Gasteiger partial charge < -0.3 is 15.6 Å². The van der Waals surface area contributed by atoms with E-state index < -0.39 is 0 Å². The molecule has 0 aromatic carbocycles. The van der Waals surface area contributed by atoms with Gasteiger partial charge in [0, 0.05) is 6.54 Å². The van der Waals surface area contributed by atoms with Crippen LogP contribution in [0.5, 0.6) is 0 Å². The summed E-state index contributed by atoms with van der Waals surface area (Å²) in [6.45, 7) is 2.19. The number of anilines is 1. The number of hydrogen-bond donors (Lipinski definition) is 3. The predicted molar refractivity (Wildman–Crippen MR) is 55.4 cm³/mol. The molecule has 3 rings (SSSR count). The summed E-state index contributed by atoms with van der Waals surface area (Å²) in [5, 5.41) is 6.80. The van der Waals surface area contributed by atoms with Crippen molar-refractivity contribution in [2.75, 3.05) is 18.4 Å². The molecular formula is C10H16N4. The molecule has 0 amide bonds. The molecule has 14 heavy (non-hydrogen) atoms. The zero-order chi connectivity index (χ0) is 9.38. The van der Waals surface area contributed by atoms with Gasteiger partial charge in [0.25, 0.3) is 0 Å². The Morgan fingerprint density at radius 3 is 3.00 bits per heavy atom. The number of imidazole rings is 1. The Balaban J connectivity index is 1.87. The fourth-order valence-electron chi connectivity index (χ4n) is 2.31. The van der Waals surface area contributed by atoms with Crippen LogP contribution in [-0.4, -0.2) is 23.1 Å². The first-order valence-electron chi connectivity index (χ1n) is 5.49. The van der Waals surface area contributed by atoms with Crippen LogP contribution in [0.2, 0.25) is 0 Å². The highest BCUT2D eigenvalue weighted by atomic mass is 15.1. The summed E-state index contributed by atoms with van der Waals surface area (Å²) in [6, 6.07) is 0.461. The highest BCUT2D eigenvalue weighted by molar-refractivity contribution is 5.44. The van der Waals surface area contributed by atoms with Crippen molar-refractivity contribution in [1.82, 2.24) is 15.3 Å². The first kappa shape index (κ1) is 8.29. The molecule has 2 aliphatic rings. The molecule has 3 heterocycles. The van der Waals surface area contributed by atoms with E-state index in [4.69, 9.17) is 0 Å². The average molecular weight is 192 g/mol. The van der Waals surface area contributed by atoms with Gasteiger partial charge in [0.2, 0.25) is 0 Å². The van der Waals surface area contributed by atoms with E-state index >= 15 is 0 Å². The Bertz CT molecular complexity index is 301. The quantitative estimate of drug-likeness (QED) is 0.626. The number of rotatable bonds is 1. The Hall–Kier alpha value is -1.03. The van der Waals surface area contributed by atoms with E-state index in [-0.39, 0.29) is 0 Å². The minimum absolute atomic E-state index is 0.461. The number of H-pyrrole nitrogens is 1. The molecule has 3 N–H and O–H groups in total. The second kappa shape index (κ2) is 3.28. The van der Waals surface area contributed by atoms with E-state index in [1.54, 1.807) is 0 Å². The molecule has 1 fully saturated rings. The second-order valence-corrected chi connectivity index (χ2v) is 4.13. The highest BCUT2D eigenvalue weighted by Crippen LogP contribution is 2.25. The molecule has 1 atom stereocenters. The van der Waals surface area contributed by atoms with Gasteiger partial charge in [-0.2, -0.15) is 0 Å². The Kier molecular flexibility index (Phi) is 1.94. The summed E-state index contributed by atoms with van der Waals surface area (Å²) in [6.07, 6.45) is 4.84. The maximum absolute atomic E-state index is 4.60. The van der Waals surface area contributed by atoms with Crippen molar-refractivity contribution in [2.24, 2.45) is 0 Å². The lowest BCUT2D eigenvalue weighted by Crippen LogP contribution is -2.14. The molecule has 0 bridgehead atoms. The molecule has 76 valence electrons. The van der Waals surface area contributed by atoms with Gasteiger partial charge in [-0.1, -0.05) is 0 Å². The normalized spacial score (nSPS) is 25.9. The Labute approximate surface area is 83.5 Å². The first-order chi connectivity index (χ1) is 6.93. The lowest BCUT2D eigenvalue weighted by Gasteiger charge is -2.10. The van der Waals surface area contributed by atoms with Crippen LogP contribution in [0.25, 0.3) is 0 Å². The van der Waals surface area contributed by atoms with E-state index in [0.717, 1.165) is 31.2 Å². The van der Waals surface area contributed by atoms with Crippen LogP contribution in [0.1, 0.15) is 36.8 Å². The molecule has 1 aromatic heterocycles. The van der Waals surface area contributed by atoms with Crippen LogP contribution in [0.3, 0.4) is 0 Å². The average Bonchev–Trinajstić information content (AvgIpc) is 2.86. The fraction of sp³-hybridized carbons (Fsp3) is 0.700. The summed E-state index contributed by atoms with van der Waals surface area (Å²) in [5.74, 6) is 2.21. The minimum atomic E-state index is 0.461. The van der Waals surface area contributed by atoms with Crippen molar-refractivity contribution in [3.63, 3.8) is 0 Å². The number of nitrogens with zero attached hydrogens (tertiary/aromatic N) is 1. The molecule has 2 aliphatic heterocycles. The van der Waals surface area contributed by atoms with Crippen molar-refractivity contribution in [1.29, 1.82) is 0 Å². The smallest absolute Gasteiger partial charge is 0.147 e. The Morgan fingerprint density at radius 1 is 1.21 bits per heavy atom. The number of hydrogen-bond acceptors (Lipinski definition) is 3. The van der Waals surface area contributed by atoms with Crippen LogP contribution in [-0.2, 0) is 6.42 Å². The molecule has 1 saturated heterocycles. The lowest BCUT2D eigenvalue weighted by molar-refractivity contribution is 0.611. The number of aromatic nitrogens is 2. The lowest BCUT2D eigenvalue weighted by atomic mass is 10.2. The predicted octanol–water partition coefficient (Wildman–Crippen LogP) is 1.19. The molecule has 1 unspecified atom stereocenters. The highest BCUT2D eigenvalue weighted by Gasteiger charge is 2.22. The zero-order valence-electron chi connectivity index (χ0n) is 8.27. The van der Waals surface area contributed by atoms with Crippen LogP contribution in [0.4, 0.5) is 5.82 Å². The van der Waals surface area contributed by atoms with Crippen molar-refractivity contribution < 1.29 is 0 Å². The van der Waals surface area contributed by atoms with E-state index in [1.807, 2.05) is 0 Å². The van der Waals surface area contributed by atoms with Crippen LogP contribution >= 0.6 is 0 Å². The summed E-state index contributed by atoms with van der Waals surface area (Å²) in [4.78, 5) is 8.04. The van der Waals surface area contributed by atoms with Gasteiger partial charge in [-0.05, 0) is 32.2 Å². The number of fused-ring (bicyclic) bond motifs is 1. The summed E-state index contributed by atoms with van der Waals surface area (Å²) in [7, 11) is 0. The van der Waals surface area contributed by atoms with Crippen molar-refractivity contribution in [3.05, 3.63) is 11.5 Å². The SMILES string of the molecule is C1CNc2nc(C3CCCN3)[nH]c2C1. The first-order valence-corrected chi connectivity index (χ1v) is 5.49. The molecule has 0 spiro atoms. The molecule has 0 aliphatic carbocycles. The van der Waals surface area contributed by atoms with Crippen molar-refractivity contribution >= 4 is 5.82 Å². The molecule has 4 nitrogen and oxygen atoms in total. The maximum Gasteiger partial charge on any atom is 0.147 e. The standard InChI is InChI=1S/C10H16N4/c1-3-7(11-5-1)10-13-8-4-2-6-12-9(8)14-10/h7,11-12H,1-6H2,(H,13,14). The minimum Gasteiger partial charge on any atom is -0.369 e. The van der Waals surface area contributed by atoms with Crippen LogP contribution < -0.4 is 10.6 Å². The summed E-state index contributed by atoms with van der Waals surface area (Å²) >= 11 is 0. The maximum atomic E-state index is 4.60.